The molecule has 1 saturated heterocycles. The summed E-state index contributed by atoms with van der Waals surface area (Å²) >= 11 is 0. The summed E-state index contributed by atoms with van der Waals surface area (Å²) in [6.07, 6.45) is 2.30. The van der Waals surface area contributed by atoms with E-state index in [-0.39, 0.29) is 17.6 Å². The fraction of sp³-hybridized carbons (Fsp3) is 0.600. The first-order valence-corrected chi connectivity index (χ1v) is 5.40. The number of amides is 1. The van der Waals surface area contributed by atoms with Crippen LogP contribution in [0.4, 0.5) is 0 Å². The zero-order valence-electron chi connectivity index (χ0n) is 9.19. The Morgan fingerprint density at radius 1 is 1.62 bits per heavy atom. The number of nitrogens with zero attached hydrogens (tertiary/aromatic N) is 1. The van der Waals surface area contributed by atoms with Crippen LogP contribution < -0.4 is 11.4 Å². The molecule has 2 unspecified atom stereocenters. The molecular formula is C10H16N4O2. The van der Waals surface area contributed by atoms with Gasteiger partial charge in [0.2, 0.25) is 0 Å². The zero-order valence-corrected chi connectivity index (χ0v) is 9.19. The topological polar surface area (TPSA) is 95.0 Å². The van der Waals surface area contributed by atoms with Crippen LogP contribution in [0, 0.1) is 5.92 Å². The van der Waals surface area contributed by atoms with Crippen LogP contribution in [0.2, 0.25) is 0 Å². The van der Waals surface area contributed by atoms with Crippen molar-refractivity contribution < 1.29 is 4.79 Å². The lowest BCUT2D eigenvalue weighted by molar-refractivity contribution is 0.0667. The molecule has 1 aromatic rings. The molecule has 1 aliphatic heterocycles. The van der Waals surface area contributed by atoms with Crippen molar-refractivity contribution >= 4 is 5.91 Å². The van der Waals surface area contributed by atoms with Crippen molar-refractivity contribution in [1.29, 1.82) is 0 Å². The van der Waals surface area contributed by atoms with Gasteiger partial charge in [-0.05, 0) is 12.3 Å². The molecule has 0 radical (unpaired) electrons. The lowest BCUT2D eigenvalue weighted by Crippen LogP contribution is -2.49. The molecule has 1 aliphatic rings. The molecule has 2 rings (SSSR count). The number of likely N-dealkylation sites (tertiary alicyclic amines) is 1. The van der Waals surface area contributed by atoms with Crippen LogP contribution in [0.1, 0.15) is 23.8 Å². The largest absolute Gasteiger partial charge is 0.336 e. The maximum Gasteiger partial charge on any atom is 0.323 e. The highest BCUT2D eigenvalue weighted by Gasteiger charge is 2.27. The predicted molar refractivity (Wildman–Crippen MR) is 59.1 cm³/mol. The first kappa shape index (κ1) is 10.9. The molecule has 0 aromatic carbocycles. The number of rotatable bonds is 1. The molecule has 88 valence electrons. The molecule has 1 fully saturated rings. The van der Waals surface area contributed by atoms with Gasteiger partial charge < -0.3 is 20.6 Å². The standard InChI is InChI=1S/C10H16N4O2/c1-6-2-3-14(5-7(6)11)9(15)8-4-12-10(16)13-8/h4,6-7H,2-3,5,11H2,1H3,(H2,12,13,16). The number of aromatic nitrogens is 2. The SMILES string of the molecule is CC1CCN(C(=O)c2c[nH]c(=O)[nH]2)CC1N. The summed E-state index contributed by atoms with van der Waals surface area (Å²) in [6.45, 7) is 3.33. The zero-order chi connectivity index (χ0) is 11.7. The molecule has 16 heavy (non-hydrogen) atoms. The number of H-pyrrole nitrogens is 2. The third-order valence-corrected chi connectivity index (χ3v) is 3.13. The Hall–Kier alpha value is -1.56. The number of aromatic amines is 2. The summed E-state index contributed by atoms with van der Waals surface area (Å²) in [5.41, 5.74) is 5.85. The molecule has 0 aliphatic carbocycles. The van der Waals surface area contributed by atoms with Crippen LogP contribution in [0.5, 0.6) is 0 Å². The second-order valence-electron chi connectivity index (χ2n) is 4.34. The van der Waals surface area contributed by atoms with Crippen LogP contribution in [0.25, 0.3) is 0 Å². The van der Waals surface area contributed by atoms with Gasteiger partial charge in [-0.25, -0.2) is 4.79 Å². The summed E-state index contributed by atoms with van der Waals surface area (Å²) in [5.74, 6) is 0.273. The number of imidazole rings is 1. The average Bonchev–Trinajstić information content (AvgIpc) is 2.68. The Kier molecular flexibility index (Phi) is 2.82. The van der Waals surface area contributed by atoms with Crippen LogP contribution in [0.15, 0.2) is 11.0 Å². The van der Waals surface area contributed by atoms with Crippen molar-refractivity contribution in [2.45, 2.75) is 19.4 Å². The van der Waals surface area contributed by atoms with Gasteiger partial charge in [-0.2, -0.15) is 0 Å². The molecule has 0 bridgehead atoms. The van der Waals surface area contributed by atoms with E-state index >= 15 is 0 Å². The third-order valence-electron chi connectivity index (χ3n) is 3.13. The van der Waals surface area contributed by atoms with Crippen LogP contribution in [-0.4, -0.2) is 39.9 Å². The molecule has 1 amide bonds. The molecule has 2 atom stereocenters. The molecule has 0 spiro atoms. The van der Waals surface area contributed by atoms with Crippen molar-refractivity contribution in [2.24, 2.45) is 11.7 Å². The molecule has 2 heterocycles. The summed E-state index contributed by atoms with van der Waals surface area (Å²) in [7, 11) is 0. The number of nitrogens with one attached hydrogen (secondary N) is 2. The maximum atomic E-state index is 11.9. The number of hydrogen-bond donors (Lipinski definition) is 3. The van der Waals surface area contributed by atoms with Gasteiger partial charge in [-0.1, -0.05) is 6.92 Å². The van der Waals surface area contributed by atoms with Crippen molar-refractivity contribution in [3.8, 4) is 0 Å². The first-order chi connectivity index (χ1) is 7.58. The van der Waals surface area contributed by atoms with Gasteiger partial charge in [0, 0.05) is 25.3 Å². The number of carbonyl (C=O) groups excluding carboxylic acids is 1. The second-order valence-corrected chi connectivity index (χ2v) is 4.34. The Labute approximate surface area is 92.8 Å². The summed E-state index contributed by atoms with van der Waals surface area (Å²) in [6, 6.07) is 0.0170. The van der Waals surface area contributed by atoms with E-state index in [2.05, 4.69) is 16.9 Å². The number of piperidine rings is 1. The van der Waals surface area contributed by atoms with Crippen LogP contribution in [-0.2, 0) is 0 Å². The smallest absolute Gasteiger partial charge is 0.323 e. The fourth-order valence-electron chi connectivity index (χ4n) is 1.90. The Balaban J connectivity index is 2.09. The Morgan fingerprint density at radius 2 is 2.38 bits per heavy atom. The van der Waals surface area contributed by atoms with E-state index < -0.39 is 0 Å². The second kappa shape index (κ2) is 4.13. The van der Waals surface area contributed by atoms with Crippen molar-refractivity contribution in [2.75, 3.05) is 13.1 Å². The molecule has 6 nitrogen and oxygen atoms in total. The molecular weight excluding hydrogens is 208 g/mol. The minimum Gasteiger partial charge on any atom is -0.336 e. The summed E-state index contributed by atoms with van der Waals surface area (Å²) in [4.78, 5) is 29.4. The fourth-order valence-corrected chi connectivity index (χ4v) is 1.90. The quantitative estimate of drug-likeness (QED) is 0.600. The van der Waals surface area contributed by atoms with E-state index in [9.17, 15) is 9.59 Å². The van der Waals surface area contributed by atoms with E-state index in [1.165, 1.54) is 6.20 Å². The van der Waals surface area contributed by atoms with Crippen LogP contribution >= 0.6 is 0 Å². The minimum atomic E-state index is -0.363. The van der Waals surface area contributed by atoms with E-state index in [4.69, 9.17) is 5.73 Å². The van der Waals surface area contributed by atoms with E-state index in [1.807, 2.05) is 0 Å². The maximum absolute atomic E-state index is 11.9. The van der Waals surface area contributed by atoms with Crippen molar-refractivity contribution in [3.05, 3.63) is 22.4 Å². The lowest BCUT2D eigenvalue weighted by atomic mass is 9.94. The lowest BCUT2D eigenvalue weighted by Gasteiger charge is -2.34. The number of carbonyl (C=O) groups is 1. The normalized spacial score (nSPS) is 25.8. The number of hydrogen-bond acceptors (Lipinski definition) is 3. The Morgan fingerprint density at radius 3 is 2.94 bits per heavy atom. The summed E-state index contributed by atoms with van der Waals surface area (Å²) in [5, 5.41) is 0. The number of nitrogens with two attached hydrogens (primary N) is 1. The monoisotopic (exact) mass is 224 g/mol. The van der Waals surface area contributed by atoms with Crippen molar-refractivity contribution in [3.63, 3.8) is 0 Å². The highest BCUT2D eigenvalue weighted by atomic mass is 16.2. The average molecular weight is 224 g/mol. The van der Waals surface area contributed by atoms with E-state index in [0.717, 1.165) is 6.42 Å². The highest BCUT2D eigenvalue weighted by molar-refractivity contribution is 5.92. The minimum absolute atomic E-state index is 0.0170. The van der Waals surface area contributed by atoms with Gasteiger partial charge >= 0.3 is 5.69 Å². The molecule has 6 heteroatoms. The van der Waals surface area contributed by atoms with E-state index in [0.29, 0.717) is 24.7 Å². The molecule has 1 aromatic heterocycles. The van der Waals surface area contributed by atoms with Crippen molar-refractivity contribution in [1.82, 2.24) is 14.9 Å². The first-order valence-electron chi connectivity index (χ1n) is 5.40. The predicted octanol–water partition coefficient (Wildman–Crippen LogP) is -0.488. The molecule has 4 N–H and O–H groups in total. The Bertz CT molecular complexity index is 436. The van der Waals surface area contributed by atoms with Gasteiger partial charge in [0.1, 0.15) is 5.69 Å². The van der Waals surface area contributed by atoms with Gasteiger partial charge in [0.05, 0.1) is 0 Å². The molecule has 0 saturated carbocycles. The third kappa shape index (κ3) is 2.01. The van der Waals surface area contributed by atoms with Gasteiger partial charge in [-0.15, -0.1) is 0 Å². The van der Waals surface area contributed by atoms with Gasteiger partial charge in [-0.3, -0.25) is 4.79 Å². The summed E-state index contributed by atoms with van der Waals surface area (Å²) < 4.78 is 0. The van der Waals surface area contributed by atoms with Gasteiger partial charge in [0.25, 0.3) is 5.91 Å². The van der Waals surface area contributed by atoms with E-state index in [1.54, 1.807) is 4.90 Å². The highest BCUT2D eigenvalue weighted by Crippen LogP contribution is 2.16. The van der Waals surface area contributed by atoms with Crippen LogP contribution in [0.3, 0.4) is 0 Å². The van der Waals surface area contributed by atoms with Gasteiger partial charge in [0.15, 0.2) is 0 Å².